The molecule has 0 heterocycles. The summed E-state index contributed by atoms with van der Waals surface area (Å²) in [5.74, 6) is 0.937. The summed E-state index contributed by atoms with van der Waals surface area (Å²) < 4.78 is 0. The minimum absolute atomic E-state index is 0.688. The van der Waals surface area contributed by atoms with Crippen molar-refractivity contribution in [3.8, 4) is 0 Å². The molecule has 1 fully saturated rings. The molecule has 1 unspecified atom stereocenters. The Labute approximate surface area is 89.7 Å². The van der Waals surface area contributed by atoms with Crippen molar-refractivity contribution in [1.82, 2.24) is 5.32 Å². The number of hydrogen-bond donors (Lipinski definition) is 1. The highest BCUT2D eigenvalue weighted by Gasteiger charge is 2.19. The van der Waals surface area contributed by atoms with Crippen molar-refractivity contribution in [2.45, 2.75) is 77.8 Å². The van der Waals surface area contributed by atoms with Gasteiger partial charge in [-0.15, -0.1) is 0 Å². The van der Waals surface area contributed by atoms with Crippen molar-refractivity contribution in [3.05, 3.63) is 0 Å². The molecule has 84 valence electrons. The molecule has 1 rings (SSSR count). The Hall–Kier alpha value is -0.0400. The lowest BCUT2D eigenvalue weighted by atomic mass is 9.92. The van der Waals surface area contributed by atoms with E-state index in [4.69, 9.17) is 0 Å². The quantitative estimate of drug-likeness (QED) is 0.677. The van der Waals surface area contributed by atoms with Crippen LogP contribution < -0.4 is 5.32 Å². The monoisotopic (exact) mass is 197 g/mol. The SMILES string of the molecule is CCC(C)N[C@@H](C)C1CCCCCC1. The largest absolute Gasteiger partial charge is 0.312 e. The van der Waals surface area contributed by atoms with Crippen LogP contribution in [0.5, 0.6) is 0 Å². The maximum Gasteiger partial charge on any atom is 0.00694 e. The lowest BCUT2D eigenvalue weighted by Crippen LogP contribution is -2.39. The van der Waals surface area contributed by atoms with Crippen LogP contribution in [0.25, 0.3) is 0 Å². The Morgan fingerprint density at radius 2 is 1.64 bits per heavy atom. The molecule has 0 amide bonds. The normalized spacial score (nSPS) is 24.2. The number of rotatable bonds is 4. The fourth-order valence-electron chi connectivity index (χ4n) is 2.51. The molecule has 0 aromatic heterocycles. The first-order chi connectivity index (χ1) is 6.74. The molecule has 2 atom stereocenters. The van der Waals surface area contributed by atoms with Gasteiger partial charge in [-0.2, -0.15) is 0 Å². The van der Waals surface area contributed by atoms with Gasteiger partial charge in [0.15, 0.2) is 0 Å². The van der Waals surface area contributed by atoms with Crippen molar-refractivity contribution < 1.29 is 0 Å². The molecular formula is C13H27N. The first-order valence-electron chi connectivity index (χ1n) is 6.50. The van der Waals surface area contributed by atoms with Gasteiger partial charge in [-0.3, -0.25) is 0 Å². The third-order valence-corrected chi connectivity index (χ3v) is 3.77. The van der Waals surface area contributed by atoms with Gasteiger partial charge in [0.1, 0.15) is 0 Å². The first-order valence-corrected chi connectivity index (χ1v) is 6.50. The van der Waals surface area contributed by atoms with Gasteiger partial charge in [0.25, 0.3) is 0 Å². The fraction of sp³-hybridized carbons (Fsp3) is 1.00. The molecular weight excluding hydrogens is 170 g/mol. The minimum atomic E-state index is 0.688. The van der Waals surface area contributed by atoms with E-state index in [-0.39, 0.29) is 0 Å². The van der Waals surface area contributed by atoms with Gasteiger partial charge >= 0.3 is 0 Å². The highest BCUT2D eigenvalue weighted by molar-refractivity contribution is 4.76. The molecule has 1 aliphatic rings. The highest BCUT2D eigenvalue weighted by Crippen LogP contribution is 2.25. The van der Waals surface area contributed by atoms with Crippen molar-refractivity contribution in [2.75, 3.05) is 0 Å². The molecule has 1 nitrogen and oxygen atoms in total. The van der Waals surface area contributed by atoms with Crippen molar-refractivity contribution >= 4 is 0 Å². The van der Waals surface area contributed by atoms with Gasteiger partial charge in [0, 0.05) is 12.1 Å². The summed E-state index contributed by atoms with van der Waals surface area (Å²) in [4.78, 5) is 0. The lowest BCUT2D eigenvalue weighted by Gasteiger charge is -2.26. The van der Waals surface area contributed by atoms with Gasteiger partial charge in [0.2, 0.25) is 0 Å². The zero-order valence-electron chi connectivity index (χ0n) is 10.2. The summed E-state index contributed by atoms with van der Waals surface area (Å²) >= 11 is 0. The molecule has 0 aliphatic heterocycles. The molecule has 1 saturated carbocycles. The van der Waals surface area contributed by atoms with Crippen molar-refractivity contribution in [1.29, 1.82) is 0 Å². The van der Waals surface area contributed by atoms with E-state index >= 15 is 0 Å². The first kappa shape index (κ1) is 12.0. The van der Waals surface area contributed by atoms with E-state index in [1.165, 1.54) is 44.9 Å². The van der Waals surface area contributed by atoms with Crippen LogP contribution in [-0.4, -0.2) is 12.1 Å². The van der Waals surface area contributed by atoms with Crippen LogP contribution in [0.2, 0.25) is 0 Å². The second kappa shape index (κ2) is 6.44. The molecule has 1 heteroatoms. The van der Waals surface area contributed by atoms with Crippen LogP contribution in [0.15, 0.2) is 0 Å². The third-order valence-electron chi connectivity index (χ3n) is 3.77. The van der Waals surface area contributed by atoms with Crippen LogP contribution in [0, 0.1) is 5.92 Å². The molecule has 0 radical (unpaired) electrons. The minimum Gasteiger partial charge on any atom is -0.312 e. The zero-order valence-corrected chi connectivity index (χ0v) is 10.2. The lowest BCUT2D eigenvalue weighted by molar-refractivity contribution is 0.312. The number of hydrogen-bond acceptors (Lipinski definition) is 1. The van der Waals surface area contributed by atoms with Crippen LogP contribution >= 0.6 is 0 Å². The molecule has 14 heavy (non-hydrogen) atoms. The van der Waals surface area contributed by atoms with Crippen molar-refractivity contribution in [3.63, 3.8) is 0 Å². The van der Waals surface area contributed by atoms with Crippen LogP contribution in [0.3, 0.4) is 0 Å². The van der Waals surface area contributed by atoms with E-state index in [2.05, 4.69) is 26.1 Å². The summed E-state index contributed by atoms with van der Waals surface area (Å²) in [7, 11) is 0. The number of nitrogens with one attached hydrogen (secondary N) is 1. The van der Waals surface area contributed by atoms with Gasteiger partial charge in [-0.05, 0) is 39.0 Å². The predicted octanol–water partition coefficient (Wildman–Crippen LogP) is 3.73. The molecule has 0 aromatic rings. The third kappa shape index (κ3) is 4.00. The zero-order chi connectivity index (χ0) is 10.4. The maximum atomic E-state index is 3.73. The second-order valence-electron chi connectivity index (χ2n) is 5.02. The Morgan fingerprint density at radius 1 is 1.07 bits per heavy atom. The van der Waals surface area contributed by atoms with E-state index in [1.807, 2.05) is 0 Å². The van der Waals surface area contributed by atoms with Crippen LogP contribution in [0.1, 0.15) is 65.7 Å². The summed E-state index contributed by atoms with van der Waals surface area (Å²) in [5.41, 5.74) is 0. The van der Waals surface area contributed by atoms with E-state index in [9.17, 15) is 0 Å². The summed E-state index contributed by atoms with van der Waals surface area (Å²) in [6.45, 7) is 6.94. The van der Waals surface area contributed by atoms with Crippen LogP contribution in [-0.2, 0) is 0 Å². The smallest absolute Gasteiger partial charge is 0.00694 e. The highest BCUT2D eigenvalue weighted by atomic mass is 14.9. The predicted molar refractivity (Wildman–Crippen MR) is 63.5 cm³/mol. The molecule has 1 aliphatic carbocycles. The second-order valence-corrected chi connectivity index (χ2v) is 5.02. The van der Waals surface area contributed by atoms with E-state index in [1.54, 1.807) is 0 Å². The molecule has 1 N–H and O–H groups in total. The maximum absolute atomic E-state index is 3.73. The topological polar surface area (TPSA) is 12.0 Å². The standard InChI is InChI=1S/C13H27N/c1-4-11(2)14-12(3)13-9-7-5-6-8-10-13/h11-14H,4-10H2,1-3H3/t11?,12-/m0/s1. The van der Waals surface area contributed by atoms with E-state index < -0.39 is 0 Å². The Bertz CT molecular complexity index is 136. The summed E-state index contributed by atoms with van der Waals surface area (Å²) in [6, 6.07) is 1.41. The fourth-order valence-corrected chi connectivity index (χ4v) is 2.51. The Morgan fingerprint density at radius 3 is 2.14 bits per heavy atom. The average molecular weight is 197 g/mol. The van der Waals surface area contributed by atoms with E-state index in [0.29, 0.717) is 6.04 Å². The average Bonchev–Trinajstić information content (AvgIpc) is 2.45. The Balaban J connectivity index is 2.30. The van der Waals surface area contributed by atoms with Gasteiger partial charge in [-0.25, -0.2) is 0 Å². The Kier molecular flexibility index (Phi) is 5.54. The molecule has 0 spiro atoms. The van der Waals surface area contributed by atoms with Gasteiger partial charge in [0.05, 0.1) is 0 Å². The van der Waals surface area contributed by atoms with Crippen LogP contribution in [0.4, 0.5) is 0 Å². The molecule has 0 bridgehead atoms. The molecule has 0 aromatic carbocycles. The summed E-state index contributed by atoms with van der Waals surface area (Å²) in [6.07, 6.45) is 9.99. The molecule has 0 saturated heterocycles. The van der Waals surface area contributed by atoms with Crippen molar-refractivity contribution in [2.24, 2.45) is 5.92 Å². The van der Waals surface area contributed by atoms with Gasteiger partial charge < -0.3 is 5.32 Å². The van der Waals surface area contributed by atoms with Gasteiger partial charge in [-0.1, -0.05) is 32.6 Å². The van der Waals surface area contributed by atoms with E-state index in [0.717, 1.165) is 12.0 Å². The summed E-state index contributed by atoms with van der Waals surface area (Å²) in [5, 5.41) is 3.73.